The zero-order chi connectivity index (χ0) is 19.8. The van der Waals surface area contributed by atoms with Crippen LogP contribution in [-0.2, 0) is 4.79 Å². The molecule has 0 aliphatic carbocycles. The van der Waals surface area contributed by atoms with Crippen molar-refractivity contribution in [2.45, 2.75) is 39.3 Å². The number of ether oxygens (including phenoxy) is 2. The standard InChI is InChI=1S/C21H27FN2O3/c1-5-11-27-19-10-9-16(12-20(19)26-4)14(2)23-15(3)21(25)24-18-8-6-7-17(22)13-18/h6-10,12-15,23H,5,11H2,1-4H3,(H,24,25). The highest BCUT2D eigenvalue weighted by molar-refractivity contribution is 5.94. The van der Waals surface area contributed by atoms with Gasteiger partial charge in [-0.2, -0.15) is 0 Å². The van der Waals surface area contributed by atoms with Crippen molar-refractivity contribution < 1.29 is 18.7 Å². The SMILES string of the molecule is CCCOc1ccc(C(C)NC(C)C(=O)Nc2cccc(F)c2)cc1OC. The Balaban J connectivity index is 2.00. The lowest BCUT2D eigenvalue weighted by Crippen LogP contribution is -2.39. The number of benzene rings is 2. The molecule has 2 aromatic carbocycles. The normalized spacial score (nSPS) is 12.9. The Morgan fingerprint density at radius 2 is 1.93 bits per heavy atom. The third-order valence-corrected chi connectivity index (χ3v) is 4.13. The number of halogens is 1. The van der Waals surface area contributed by atoms with Gasteiger partial charge < -0.3 is 14.8 Å². The fourth-order valence-electron chi connectivity index (χ4n) is 2.65. The van der Waals surface area contributed by atoms with Crippen molar-refractivity contribution in [3.8, 4) is 11.5 Å². The molecule has 0 aliphatic heterocycles. The smallest absolute Gasteiger partial charge is 0.241 e. The molecule has 0 bridgehead atoms. The summed E-state index contributed by atoms with van der Waals surface area (Å²) in [5, 5.41) is 5.95. The van der Waals surface area contributed by atoms with Gasteiger partial charge in [-0.15, -0.1) is 0 Å². The number of carbonyl (C=O) groups excluding carboxylic acids is 1. The van der Waals surface area contributed by atoms with E-state index in [0.29, 0.717) is 23.8 Å². The van der Waals surface area contributed by atoms with Gasteiger partial charge >= 0.3 is 0 Å². The summed E-state index contributed by atoms with van der Waals surface area (Å²) in [6, 6.07) is 11.0. The Hall–Kier alpha value is -2.60. The fraction of sp³-hybridized carbons (Fsp3) is 0.381. The van der Waals surface area contributed by atoms with Crippen molar-refractivity contribution in [3.63, 3.8) is 0 Å². The Morgan fingerprint density at radius 1 is 1.15 bits per heavy atom. The van der Waals surface area contributed by atoms with Gasteiger partial charge in [0.2, 0.25) is 5.91 Å². The zero-order valence-corrected chi connectivity index (χ0v) is 16.2. The Morgan fingerprint density at radius 3 is 2.59 bits per heavy atom. The molecule has 0 saturated carbocycles. The molecule has 2 unspecified atom stereocenters. The van der Waals surface area contributed by atoms with Crippen LogP contribution in [0.2, 0.25) is 0 Å². The Kier molecular flexibility index (Phi) is 7.61. The van der Waals surface area contributed by atoms with Crippen LogP contribution in [0.1, 0.15) is 38.8 Å². The number of hydrogen-bond donors (Lipinski definition) is 2. The van der Waals surface area contributed by atoms with Crippen molar-refractivity contribution in [3.05, 3.63) is 53.8 Å². The quantitative estimate of drug-likeness (QED) is 0.687. The van der Waals surface area contributed by atoms with E-state index in [0.717, 1.165) is 12.0 Å². The van der Waals surface area contributed by atoms with Crippen molar-refractivity contribution in [2.24, 2.45) is 0 Å². The molecule has 2 rings (SSSR count). The van der Waals surface area contributed by atoms with E-state index in [9.17, 15) is 9.18 Å². The zero-order valence-electron chi connectivity index (χ0n) is 16.2. The lowest BCUT2D eigenvalue weighted by atomic mass is 10.1. The van der Waals surface area contributed by atoms with Crippen molar-refractivity contribution in [1.82, 2.24) is 5.32 Å². The molecule has 27 heavy (non-hydrogen) atoms. The summed E-state index contributed by atoms with van der Waals surface area (Å²) in [7, 11) is 1.60. The van der Waals surface area contributed by atoms with Gasteiger partial charge in [-0.25, -0.2) is 4.39 Å². The molecule has 0 spiro atoms. The third-order valence-electron chi connectivity index (χ3n) is 4.13. The van der Waals surface area contributed by atoms with Gasteiger partial charge in [-0.1, -0.05) is 19.1 Å². The molecule has 6 heteroatoms. The number of methoxy groups -OCH3 is 1. The molecule has 0 heterocycles. The van der Waals surface area contributed by atoms with Gasteiger partial charge in [0.05, 0.1) is 19.8 Å². The van der Waals surface area contributed by atoms with E-state index >= 15 is 0 Å². The summed E-state index contributed by atoms with van der Waals surface area (Å²) in [5.41, 5.74) is 1.40. The van der Waals surface area contributed by atoms with E-state index in [2.05, 4.69) is 10.6 Å². The second kappa shape index (κ2) is 9.92. The van der Waals surface area contributed by atoms with Crippen molar-refractivity contribution in [1.29, 1.82) is 0 Å². The van der Waals surface area contributed by atoms with Crippen LogP contribution < -0.4 is 20.1 Å². The molecule has 146 valence electrons. The number of hydrogen-bond acceptors (Lipinski definition) is 4. The minimum absolute atomic E-state index is 0.0904. The summed E-state index contributed by atoms with van der Waals surface area (Å²) in [4.78, 5) is 12.3. The average molecular weight is 374 g/mol. The van der Waals surface area contributed by atoms with E-state index in [1.807, 2.05) is 32.0 Å². The molecule has 2 atom stereocenters. The molecule has 2 aromatic rings. The molecule has 0 fully saturated rings. The van der Waals surface area contributed by atoms with E-state index in [1.165, 1.54) is 12.1 Å². The highest BCUT2D eigenvalue weighted by Crippen LogP contribution is 2.30. The summed E-state index contributed by atoms with van der Waals surface area (Å²) in [5.74, 6) is 0.736. The highest BCUT2D eigenvalue weighted by atomic mass is 19.1. The van der Waals surface area contributed by atoms with E-state index in [-0.39, 0.29) is 17.8 Å². The molecule has 0 aliphatic rings. The first-order valence-corrected chi connectivity index (χ1v) is 9.07. The maximum Gasteiger partial charge on any atom is 0.241 e. The number of nitrogens with one attached hydrogen (secondary N) is 2. The van der Waals surface area contributed by atoms with Gasteiger partial charge in [0.25, 0.3) is 0 Å². The van der Waals surface area contributed by atoms with Gasteiger partial charge in [-0.05, 0) is 56.2 Å². The fourth-order valence-corrected chi connectivity index (χ4v) is 2.65. The minimum Gasteiger partial charge on any atom is -0.493 e. The van der Waals surface area contributed by atoms with Crippen LogP contribution >= 0.6 is 0 Å². The maximum absolute atomic E-state index is 13.2. The first kappa shape index (κ1) is 20.7. The summed E-state index contributed by atoms with van der Waals surface area (Å²) >= 11 is 0. The van der Waals surface area contributed by atoms with Crippen LogP contribution in [0.4, 0.5) is 10.1 Å². The molecule has 0 aromatic heterocycles. The molecular formula is C21H27FN2O3. The van der Waals surface area contributed by atoms with Gasteiger partial charge in [-0.3, -0.25) is 10.1 Å². The molecule has 5 nitrogen and oxygen atoms in total. The first-order chi connectivity index (χ1) is 12.9. The topological polar surface area (TPSA) is 59.6 Å². The van der Waals surface area contributed by atoms with Gasteiger partial charge in [0, 0.05) is 11.7 Å². The Bertz CT molecular complexity index is 767. The van der Waals surface area contributed by atoms with Crippen LogP contribution in [0, 0.1) is 5.82 Å². The predicted octanol–water partition coefficient (Wildman–Crippen LogP) is 4.30. The van der Waals surface area contributed by atoms with Crippen LogP contribution in [0.15, 0.2) is 42.5 Å². The molecule has 1 amide bonds. The third kappa shape index (κ3) is 5.96. The predicted molar refractivity (Wildman–Crippen MR) is 105 cm³/mol. The van der Waals surface area contributed by atoms with Crippen LogP contribution in [0.3, 0.4) is 0 Å². The first-order valence-electron chi connectivity index (χ1n) is 9.07. The van der Waals surface area contributed by atoms with Crippen LogP contribution in [0.5, 0.6) is 11.5 Å². The molecule has 2 N–H and O–H groups in total. The van der Waals surface area contributed by atoms with Crippen LogP contribution in [-0.4, -0.2) is 25.7 Å². The van der Waals surface area contributed by atoms with Crippen LogP contribution in [0.25, 0.3) is 0 Å². The molecular weight excluding hydrogens is 347 g/mol. The van der Waals surface area contributed by atoms with Gasteiger partial charge in [0.1, 0.15) is 5.82 Å². The molecule has 0 radical (unpaired) electrons. The lowest BCUT2D eigenvalue weighted by molar-refractivity contribution is -0.117. The largest absolute Gasteiger partial charge is 0.493 e. The number of amides is 1. The number of rotatable bonds is 9. The van der Waals surface area contributed by atoms with E-state index < -0.39 is 6.04 Å². The maximum atomic E-state index is 13.2. The van der Waals surface area contributed by atoms with E-state index in [4.69, 9.17) is 9.47 Å². The average Bonchev–Trinajstić information content (AvgIpc) is 2.66. The lowest BCUT2D eigenvalue weighted by Gasteiger charge is -2.21. The van der Waals surface area contributed by atoms with E-state index in [1.54, 1.807) is 26.2 Å². The molecule has 0 saturated heterocycles. The van der Waals surface area contributed by atoms with Gasteiger partial charge in [0.15, 0.2) is 11.5 Å². The second-order valence-corrected chi connectivity index (χ2v) is 6.37. The summed E-state index contributed by atoms with van der Waals surface area (Å²) < 4.78 is 24.3. The minimum atomic E-state index is -0.467. The monoisotopic (exact) mass is 374 g/mol. The summed E-state index contributed by atoms with van der Waals surface area (Å²) in [6.45, 7) is 6.40. The Labute approximate surface area is 159 Å². The van der Waals surface area contributed by atoms with Crippen molar-refractivity contribution in [2.75, 3.05) is 19.0 Å². The second-order valence-electron chi connectivity index (χ2n) is 6.37. The highest BCUT2D eigenvalue weighted by Gasteiger charge is 2.18. The number of anilines is 1. The summed E-state index contributed by atoms with van der Waals surface area (Å²) in [6.07, 6.45) is 0.917. The van der Waals surface area contributed by atoms with Crippen molar-refractivity contribution >= 4 is 11.6 Å². The number of carbonyl (C=O) groups is 1.